The van der Waals surface area contributed by atoms with Crippen LogP contribution in [0.15, 0.2) is 40.1 Å². The standard InChI is InChI=1S/C26H32N6O5S2/c1-16-15-38-26(28-16)39(35,36)22-12-20(22)21-13-23(32-9-11-37-14-17(32)2)31-24(30-21)18-4-6-19(7-5-18)29-25(34)27-8-3-10-33/h4-7,13,15,17,20,22,33H,3,8-12,14H2,1-2H3,(H2,27,29,34)/t17-,20?,22?/m0/s1. The number of aromatic nitrogens is 3. The average Bonchev–Trinajstić information content (AvgIpc) is 3.63. The minimum atomic E-state index is -3.54. The van der Waals surface area contributed by atoms with Crippen molar-refractivity contribution in [3.63, 3.8) is 0 Å². The Labute approximate surface area is 231 Å². The van der Waals surface area contributed by atoms with E-state index in [1.54, 1.807) is 24.4 Å². The topological polar surface area (TPSA) is 147 Å². The van der Waals surface area contributed by atoms with Crippen LogP contribution in [0.2, 0.25) is 0 Å². The Kier molecular flexibility index (Phi) is 8.12. The molecule has 1 aliphatic carbocycles. The fraction of sp³-hybridized carbons (Fsp3) is 0.462. The Morgan fingerprint density at radius 3 is 2.72 bits per heavy atom. The average molecular weight is 573 g/mol. The van der Waals surface area contributed by atoms with E-state index < -0.39 is 15.1 Å². The molecule has 0 bridgehead atoms. The van der Waals surface area contributed by atoms with Crippen molar-refractivity contribution in [1.82, 2.24) is 20.3 Å². The van der Waals surface area contributed by atoms with Gasteiger partial charge in [-0.2, -0.15) is 0 Å². The molecule has 11 nitrogen and oxygen atoms in total. The summed E-state index contributed by atoms with van der Waals surface area (Å²) < 4.78 is 32.2. The van der Waals surface area contributed by atoms with Crippen molar-refractivity contribution in [2.75, 3.05) is 43.1 Å². The van der Waals surface area contributed by atoms with E-state index in [4.69, 9.17) is 19.8 Å². The van der Waals surface area contributed by atoms with Crippen LogP contribution in [0, 0.1) is 6.92 Å². The molecule has 3 atom stereocenters. The van der Waals surface area contributed by atoms with E-state index in [1.807, 2.05) is 18.2 Å². The fourth-order valence-corrected chi connectivity index (χ4v) is 7.70. The Hall–Kier alpha value is -3.13. The van der Waals surface area contributed by atoms with Gasteiger partial charge in [0.15, 0.2) is 5.82 Å². The summed E-state index contributed by atoms with van der Waals surface area (Å²) in [5.41, 5.74) is 2.75. The zero-order valence-corrected chi connectivity index (χ0v) is 23.5. The third-order valence-electron chi connectivity index (χ3n) is 6.77. The van der Waals surface area contributed by atoms with E-state index in [9.17, 15) is 13.2 Å². The predicted molar refractivity (Wildman–Crippen MR) is 149 cm³/mol. The van der Waals surface area contributed by atoms with E-state index in [0.29, 0.717) is 62.0 Å². The minimum absolute atomic E-state index is 0.0113. The van der Waals surface area contributed by atoms with Gasteiger partial charge in [-0.25, -0.2) is 28.2 Å². The maximum absolute atomic E-state index is 13.2. The van der Waals surface area contributed by atoms with Crippen molar-refractivity contribution in [3.05, 3.63) is 47.1 Å². The predicted octanol–water partition coefficient (Wildman–Crippen LogP) is 2.97. The molecular weight excluding hydrogens is 540 g/mol. The number of hydrogen-bond acceptors (Lipinski definition) is 10. The van der Waals surface area contributed by atoms with E-state index in [0.717, 1.165) is 22.7 Å². The molecule has 3 aromatic rings. The number of benzene rings is 1. The molecule has 2 amide bonds. The lowest BCUT2D eigenvalue weighted by molar-refractivity contribution is 0.0985. The third-order valence-corrected chi connectivity index (χ3v) is 10.4. The summed E-state index contributed by atoms with van der Waals surface area (Å²) in [4.78, 5) is 28.1. The molecule has 2 aromatic heterocycles. The molecule has 2 fully saturated rings. The van der Waals surface area contributed by atoms with Crippen LogP contribution in [0.4, 0.5) is 16.3 Å². The lowest BCUT2D eigenvalue weighted by Crippen LogP contribution is -2.44. The van der Waals surface area contributed by atoms with E-state index in [1.165, 1.54) is 0 Å². The van der Waals surface area contributed by atoms with Crippen molar-refractivity contribution in [1.29, 1.82) is 0 Å². The Balaban J connectivity index is 1.41. The molecule has 1 saturated carbocycles. The molecule has 1 saturated heterocycles. The van der Waals surface area contributed by atoms with Crippen molar-refractivity contribution < 1.29 is 23.1 Å². The second-order valence-corrected chi connectivity index (χ2v) is 13.0. The number of hydrogen-bond donors (Lipinski definition) is 3. The monoisotopic (exact) mass is 572 g/mol. The third kappa shape index (κ3) is 6.21. The fourth-order valence-electron chi connectivity index (χ4n) is 4.56. The summed E-state index contributed by atoms with van der Waals surface area (Å²) in [6.07, 6.45) is 0.973. The second-order valence-electron chi connectivity index (χ2n) is 9.81. The molecule has 0 radical (unpaired) electrons. The number of carbonyl (C=O) groups is 1. The van der Waals surface area contributed by atoms with Crippen LogP contribution in [0.5, 0.6) is 0 Å². The maximum atomic E-state index is 13.2. The molecular formula is C26H32N6O5S2. The molecule has 3 heterocycles. The maximum Gasteiger partial charge on any atom is 0.319 e. The highest BCUT2D eigenvalue weighted by Gasteiger charge is 2.51. The lowest BCUT2D eigenvalue weighted by atomic mass is 10.1. The number of nitrogens with one attached hydrogen (secondary N) is 2. The van der Waals surface area contributed by atoms with Crippen LogP contribution in [-0.2, 0) is 14.6 Å². The van der Waals surface area contributed by atoms with Gasteiger partial charge in [-0.15, -0.1) is 11.3 Å². The van der Waals surface area contributed by atoms with Gasteiger partial charge < -0.3 is 25.4 Å². The summed E-state index contributed by atoms with van der Waals surface area (Å²) in [6, 6.07) is 8.86. The first kappa shape index (κ1) is 27.4. The van der Waals surface area contributed by atoms with Gasteiger partial charge in [-0.3, -0.25) is 0 Å². The number of rotatable bonds is 9. The number of urea groups is 1. The van der Waals surface area contributed by atoms with Crippen LogP contribution in [0.3, 0.4) is 0 Å². The summed E-state index contributed by atoms with van der Waals surface area (Å²) in [5.74, 6) is 0.997. The number of thiazole rings is 1. The lowest BCUT2D eigenvalue weighted by Gasteiger charge is -2.34. The van der Waals surface area contributed by atoms with E-state index >= 15 is 0 Å². The van der Waals surface area contributed by atoms with Crippen LogP contribution >= 0.6 is 11.3 Å². The number of aliphatic hydroxyl groups excluding tert-OH is 1. The second kappa shape index (κ2) is 11.5. The number of morpholine rings is 1. The number of ether oxygens (including phenoxy) is 1. The minimum Gasteiger partial charge on any atom is -0.396 e. The van der Waals surface area contributed by atoms with Gasteiger partial charge in [0.1, 0.15) is 5.82 Å². The number of aryl methyl sites for hydroxylation is 1. The number of sulfone groups is 1. The first-order chi connectivity index (χ1) is 18.8. The highest BCUT2D eigenvalue weighted by Crippen LogP contribution is 2.48. The van der Waals surface area contributed by atoms with Crippen LogP contribution in [0.25, 0.3) is 11.4 Å². The van der Waals surface area contributed by atoms with Crippen LogP contribution in [-0.4, -0.2) is 78.7 Å². The zero-order valence-electron chi connectivity index (χ0n) is 21.8. The molecule has 2 unspecified atom stereocenters. The Morgan fingerprint density at radius 1 is 1.23 bits per heavy atom. The van der Waals surface area contributed by atoms with Crippen molar-refractivity contribution in [3.8, 4) is 11.4 Å². The van der Waals surface area contributed by atoms with Crippen LogP contribution < -0.4 is 15.5 Å². The van der Waals surface area contributed by atoms with Gasteiger partial charge in [-0.1, -0.05) is 0 Å². The Morgan fingerprint density at radius 2 is 2.03 bits per heavy atom. The molecule has 0 spiro atoms. The molecule has 208 valence electrons. The summed E-state index contributed by atoms with van der Waals surface area (Å²) in [6.45, 7) is 6.10. The van der Waals surface area contributed by atoms with Crippen molar-refractivity contribution in [2.24, 2.45) is 0 Å². The first-order valence-corrected chi connectivity index (χ1v) is 15.3. The molecule has 2 aliphatic rings. The summed E-state index contributed by atoms with van der Waals surface area (Å²) in [7, 11) is -3.54. The quantitative estimate of drug-likeness (QED) is 0.329. The van der Waals surface area contributed by atoms with Crippen LogP contribution in [0.1, 0.15) is 37.1 Å². The molecule has 13 heteroatoms. The molecule has 39 heavy (non-hydrogen) atoms. The SMILES string of the molecule is Cc1csc(S(=O)(=O)C2CC2c2cc(N3CCOC[C@@H]3C)nc(-c3ccc(NC(=O)NCCCO)cc3)n2)n1. The number of carbonyl (C=O) groups excluding carboxylic acids is 1. The van der Waals surface area contributed by atoms with Gasteiger partial charge in [-0.05, 0) is 51.0 Å². The normalized spacial score (nSPS) is 21.0. The van der Waals surface area contributed by atoms with Gasteiger partial charge in [0.25, 0.3) is 0 Å². The van der Waals surface area contributed by atoms with Gasteiger partial charge >= 0.3 is 6.03 Å². The van der Waals surface area contributed by atoms with E-state index in [-0.39, 0.29) is 28.9 Å². The smallest absolute Gasteiger partial charge is 0.319 e. The highest BCUT2D eigenvalue weighted by atomic mass is 32.2. The molecule has 3 N–H and O–H groups in total. The van der Waals surface area contributed by atoms with Gasteiger partial charge in [0.2, 0.25) is 14.2 Å². The summed E-state index contributed by atoms with van der Waals surface area (Å²) >= 11 is 1.16. The molecule has 1 aromatic carbocycles. The number of nitrogens with zero attached hydrogens (tertiary/aromatic N) is 4. The molecule has 1 aliphatic heterocycles. The number of amides is 2. The van der Waals surface area contributed by atoms with Crippen molar-refractivity contribution in [2.45, 2.75) is 48.2 Å². The first-order valence-electron chi connectivity index (χ1n) is 12.9. The van der Waals surface area contributed by atoms with E-state index in [2.05, 4.69) is 27.4 Å². The Bertz CT molecular complexity index is 1430. The zero-order chi connectivity index (χ0) is 27.6. The highest BCUT2D eigenvalue weighted by molar-refractivity contribution is 7.94. The number of anilines is 2. The van der Waals surface area contributed by atoms with Gasteiger partial charge in [0.05, 0.1) is 30.2 Å². The summed E-state index contributed by atoms with van der Waals surface area (Å²) in [5, 5.41) is 15.5. The number of aliphatic hydroxyl groups is 1. The largest absolute Gasteiger partial charge is 0.396 e. The van der Waals surface area contributed by atoms with Gasteiger partial charge in [0, 0.05) is 54.0 Å². The molecule has 5 rings (SSSR count). The van der Waals surface area contributed by atoms with Crippen molar-refractivity contribution >= 4 is 38.7 Å².